The summed E-state index contributed by atoms with van der Waals surface area (Å²) in [6, 6.07) is 5.85. The van der Waals surface area contributed by atoms with E-state index in [1.165, 1.54) is 25.2 Å². The van der Waals surface area contributed by atoms with Gasteiger partial charge in [0, 0.05) is 11.8 Å². The average molecular weight is 414 g/mol. The highest BCUT2D eigenvalue weighted by Gasteiger charge is 2.39. The molecule has 0 fully saturated rings. The molecule has 0 saturated carbocycles. The zero-order valence-corrected chi connectivity index (χ0v) is 16.2. The summed E-state index contributed by atoms with van der Waals surface area (Å²) < 4.78 is 36.9. The van der Waals surface area contributed by atoms with E-state index in [2.05, 4.69) is 10.9 Å². The number of halogens is 1. The number of rotatable bonds is 6. The van der Waals surface area contributed by atoms with Crippen molar-refractivity contribution in [1.82, 2.24) is 10.9 Å². The summed E-state index contributed by atoms with van der Waals surface area (Å²) in [5.74, 6) is -2.08. The zero-order valence-electron chi connectivity index (χ0n) is 14.6. The lowest BCUT2D eigenvalue weighted by molar-refractivity contribution is -0.130. The first-order valence-corrected chi connectivity index (χ1v) is 10.3. The molecule has 2 rings (SSSR count). The molecule has 2 aromatic rings. The van der Waals surface area contributed by atoms with Crippen molar-refractivity contribution in [2.75, 3.05) is 0 Å². The molecule has 0 bridgehead atoms. The van der Waals surface area contributed by atoms with Crippen molar-refractivity contribution in [2.24, 2.45) is 0 Å². The fourth-order valence-corrected chi connectivity index (χ4v) is 4.41. The van der Waals surface area contributed by atoms with Crippen LogP contribution in [0.5, 0.6) is 0 Å². The Morgan fingerprint density at radius 3 is 2.37 bits per heavy atom. The highest BCUT2D eigenvalue weighted by Crippen LogP contribution is 2.29. The van der Waals surface area contributed by atoms with Crippen molar-refractivity contribution in [3.8, 4) is 0 Å². The molecule has 1 heterocycles. The van der Waals surface area contributed by atoms with Gasteiger partial charge in [0.2, 0.25) is 0 Å². The van der Waals surface area contributed by atoms with E-state index in [-0.39, 0.29) is 4.90 Å². The maximum Gasteiger partial charge on any atom is 0.270 e. The molecule has 27 heavy (non-hydrogen) atoms. The van der Waals surface area contributed by atoms with E-state index in [0.29, 0.717) is 5.56 Å². The zero-order chi connectivity index (χ0) is 20.2. The Bertz CT molecular complexity index is 909. The molecule has 0 aliphatic carbocycles. The van der Waals surface area contributed by atoms with E-state index in [9.17, 15) is 27.5 Å². The van der Waals surface area contributed by atoms with Crippen LogP contribution in [0.3, 0.4) is 0 Å². The Morgan fingerprint density at radius 1 is 1.19 bits per heavy atom. The first-order valence-electron chi connectivity index (χ1n) is 7.85. The molecule has 0 aliphatic rings. The van der Waals surface area contributed by atoms with Crippen LogP contribution in [0.25, 0.3) is 0 Å². The van der Waals surface area contributed by atoms with E-state index in [0.717, 1.165) is 24.3 Å². The number of aliphatic hydroxyl groups is 1. The number of amides is 2. The van der Waals surface area contributed by atoms with Crippen LogP contribution in [0, 0.1) is 5.82 Å². The third-order valence-corrected chi connectivity index (χ3v) is 7.12. The highest BCUT2D eigenvalue weighted by atomic mass is 32.2. The van der Waals surface area contributed by atoms with Gasteiger partial charge in [-0.1, -0.05) is 0 Å². The Morgan fingerprint density at radius 2 is 1.81 bits per heavy atom. The van der Waals surface area contributed by atoms with Gasteiger partial charge in [-0.25, -0.2) is 12.8 Å². The summed E-state index contributed by atoms with van der Waals surface area (Å²) in [6.45, 7) is 2.71. The third kappa shape index (κ3) is 4.90. The molecule has 7 nitrogen and oxygen atoms in total. The predicted molar refractivity (Wildman–Crippen MR) is 98.2 cm³/mol. The van der Waals surface area contributed by atoms with Gasteiger partial charge in [-0.3, -0.25) is 20.4 Å². The van der Waals surface area contributed by atoms with Crippen LogP contribution < -0.4 is 10.9 Å². The number of aliphatic hydroxyl groups excluding tert-OH is 1. The normalized spacial score (nSPS) is 13.0. The van der Waals surface area contributed by atoms with Gasteiger partial charge in [0.15, 0.2) is 9.84 Å². The Labute approximate surface area is 160 Å². The number of hydrogen-bond donors (Lipinski definition) is 3. The lowest BCUT2D eigenvalue weighted by Crippen LogP contribution is -2.49. The second-order valence-corrected chi connectivity index (χ2v) is 9.76. The SMILES string of the molecule is CC(C)(CC(O)C(=O)NNC(=O)c1ccsc1)S(=O)(=O)c1ccc(F)cc1. The quantitative estimate of drug-likeness (QED) is 0.491. The van der Waals surface area contributed by atoms with Gasteiger partial charge in [0.1, 0.15) is 11.9 Å². The second-order valence-electron chi connectivity index (χ2n) is 6.39. The molecule has 2 amide bonds. The van der Waals surface area contributed by atoms with Gasteiger partial charge in [0.25, 0.3) is 11.8 Å². The summed E-state index contributed by atoms with van der Waals surface area (Å²) >= 11 is 1.30. The maximum atomic E-state index is 13.0. The van der Waals surface area contributed by atoms with Crippen molar-refractivity contribution in [2.45, 2.75) is 36.0 Å². The number of sulfone groups is 1. The number of carbonyl (C=O) groups is 2. The van der Waals surface area contributed by atoms with E-state index >= 15 is 0 Å². The lowest BCUT2D eigenvalue weighted by Gasteiger charge is -2.27. The number of hydrazine groups is 1. The standard InChI is InChI=1S/C17H19FN2O5S2/c1-17(2,27(24,25)13-5-3-12(18)4-6-13)9-14(21)16(23)20-19-15(22)11-7-8-26-10-11/h3-8,10,14,21H,9H2,1-2H3,(H,19,22)(H,20,23). The first-order chi connectivity index (χ1) is 12.5. The van der Waals surface area contributed by atoms with Crippen molar-refractivity contribution in [1.29, 1.82) is 0 Å². The Balaban J connectivity index is 2.01. The van der Waals surface area contributed by atoms with Crippen molar-refractivity contribution in [3.05, 3.63) is 52.5 Å². The van der Waals surface area contributed by atoms with E-state index in [4.69, 9.17) is 0 Å². The predicted octanol–water partition coefficient (Wildman–Crippen LogP) is 1.65. The van der Waals surface area contributed by atoms with Gasteiger partial charge in [-0.05, 0) is 49.6 Å². The molecule has 146 valence electrons. The van der Waals surface area contributed by atoms with Gasteiger partial charge < -0.3 is 5.11 Å². The molecule has 0 saturated heterocycles. The van der Waals surface area contributed by atoms with Crippen LogP contribution in [0.15, 0.2) is 46.0 Å². The Kier molecular flexibility index (Phi) is 6.34. The summed E-state index contributed by atoms with van der Waals surface area (Å²) in [5.41, 5.74) is 4.55. The average Bonchev–Trinajstić information content (AvgIpc) is 3.13. The van der Waals surface area contributed by atoms with Crippen LogP contribution in [-0.4, -0.2) is 36.2 Å². The van der Waals surface area contributed by atoms with Crippen LogP contribution in [-0.2, 0) is 14.6 Å². The molecule has 1 aromatic carbocycles. The van der Waals surface area contributed by atoms with Crippen molar-refractivity contribution >= 4 is 33.0 Å². The summed E-state index contributed by atoms with van der Waals surface area (Å²) in [5, 5.41) is 13.3. The minimum Gasteiger partial charge on any atom is -0.383 e. The summed E-state index contributed by atoms with van der Waals surface area (Å²) in [7, 11) is -3.94. The number of benzene rings is 1. The van der Waals surface area contributed by atoms with Gasteiger partial charge in [-0.15, -0.1) is 0 Å². The second kappa shape index (κ2) is 8.15. The maximum absolute atomic E-state index is 13.0. The first kappa shape index (κ1) is 21.0. The fourth-order valence-electron chi connectivity index (χ4n) is 2.27. The van der Waals surface area contributed by atoms with Gasteiger partial charge >= 0.3 is 0 Å². The van der Waals surface area contributed by atoms with Crippen LogP contribution in [0.1, 0.15) is 30.6 Å². The third-order valence-electron chi connectivity index (χ3n) is 3.92. The highest BCUT2D eigenvalue weighted by molar-refractivity contribution is 7.92. The van der Waals surface area contributed by atoms with Crippen LogP contribution >= 0.6 is 11.3 Å². The summed E-state index contributed by atoms with van der Waals surface area (Å²) in [4.78, 5) is 23.6. The smallest absolute Gasteiger partial charge is 0.270 e. The molecule has 1 aromatic heterocycles. The van der Waals surface area contributed by atoms with Crippen LogP contribution in [0.4, 0.5) is 4.39 Å². The molecular formula is C17H19FN2O5S2. The monoisotopic (exact) mass is 414 g/mol. The number of nitrogens with one attached hydrogen (secondary N) is 2. The molecule has 0 radical (unpaired) electrons. The van der Waals surface area contributed by atoms with E-state index in [1.807, 2.05) is 0 Å². The molecule has 0 spiro atoms. The molecule has 3 N–H and O–H groups in total. The number of hydrogen-bond acceptors (Lipinski definition) is 6. The largest absolute Gasteiger partial charge is 0.383 e. The minimum absolute atomic E-state index is 0.118. The molecule has 0 aliphatic heterocycles. The van der Waals surface area contributed by atoms with E-state index in [1.54, 1.807) is 16.8 Å². The van der Waals surface area contributed by atoms with Gasteiger partial charge in [0.05, 0.1) is 15.2 Å². The summed E-state index contributed by atoms with van der Waals surface area (Å²) in [6.07, 6.45) is -2.11. The molecule has 1 unspecified atom stereocenters. The fraction of sp³-hybridized carbons (Fsp3) is 0.294. The molecule has 10 heteroatoms. The van der Waals surface area contributed by atoms with Gasteiger partial charge in [-0.2, -0.15) is 11.3 Å². The van der Waals surface area contributed by atoms with Crippen molar-refractivity contribution in [3.63, 3.8) is 0 Å². The minimum atomic E-state index is -3.94. The topological polar surface area (TPSA) is 113 Å². The van der Waals surface area contributed by atoms with E-state index < -0.39 is 44.7 Å². The molecular weight excluding hydrogens is 395 g/mol. The van der Waals surface area contributed by atoms with Crippen LogP contribution in [0.2, 0.25) is 0 Å². The Hall–Kier alpha value is -2.30. The lowest BCUT2D eigenvalue weighted by atomic mass is 10.0. The van der Waals surface area contributed by atoms with Crippen molar-refractivity contribution < 1.29 is 27.5 Å². The number of thiophene rings is 1. The number of carbonyl (C=O) groups excluding carboxylic acids is 2. The molecule has 1 atom stereocenters.